The molecule has 0 fully saturated rings. The third kappa shape index (κ3) is 6.48. The lowest BCUT2D eigenvalue weighted by Crippen LogP contribution is -2.39. The Bertz CT molecular complexity index is 671. The first-order chi connectivity index (χ1) is 12.0. The van der Waals surface area contributed by atoms with E-state index in [4.69, 9.17) is 0 Å². The first-order valence-corrected chi connectivity index (χ1v) is 9.47. The Morgan fingerprint density at radius 2 is 2.16 bits per heavy atom. The third-order valence-electron chi connectivity index (χ3n) is 3.86. The fourth-order valence-electron chi connectivity index (χ4n) is 2.43. The number of nitrogens with zero attached hydrogens (tertiary/aromatic N) is 1. The van der Waals surface area contributed by atoms with Gasteiger partial charge in [-0.15, -0.1) is 0 Å². The molecule has 4 nitrogen and oxygen atoms in total. The fraction of sp³-hybridized carbons (Fsp3) is 0.421. The Morgan fingerprint density at radius 3 is 2.84 bits per heavy atom. The van der Waals surface area contributed by atoms with Crippen molar-refractivity contribution in [3.8, 4) is 0 Å². The van der Waals surface area contributed by atoms with Crippen molar-refractivity contribution < 1.29 is 9.50 Å². The highest BCUT2D eigenvalue weighted by Crippen LogP contribution is 2.23. The van der Waals surface area contributed by atoms with Crippen LogP contribution in [0.25, 0.3) is 0 Å². The molecule has 0 saturated carbocycles. The van der Waals surface area contributed by atoms with Crippen LogP contribution >= 0.6 is 11.3 Å². The van der Waals surface area contributed by atoms with E-state index >= 15 is 0 Å². The van der Waals surface area contributed by atoms with Gasteiger partial charge in [0.25, 0.3) is 0 Å². The largest absolute Gasteiger partial charge is 0.383 e. The van der Waals surface area contributed by atoms with Crippen LogP contribution in [0.4, 0.5) is 4.39 Å². The second-order valence-corrected chi connectivity index (χ2v) is 6.92. The summed E-state index contributed by atoms with van der Waals surface area (Å²) in [5, 5.41) is 20.9. The predicted molar refractivity (Wildman–Crippen MR) is 103 cm³/mol. The normalized spacial score (nSPS) is 14.2. The molecule has 136 valence electrons. The number of thiophene rings is 1. The quantitative estimate of drug-likeness (QED) is 0.383. The smallest absolute Gasteiger partial charge is 0.191 e. The monoisotopic (exact) mass is 363 g/mol. The number of aliphatic hydroxyl groups is 1. The van der Waals surface area contributed by atoms with Crippen molar-refractivity contribution in [2.45, 2.75) is 32.3 Å². The Hall–Kier alpha value is -1.92. The average molecular weight is 364 g/mol. The number of halogens is 1. The van der Waals surface area contributed by atoms with E-state index in [0.29, 0.717) is 5.96 Å². The van der Waals surface area contributed by atoms with Gasteiger partial charge in [0, 0.05) is 13.1 Å². The van der Waals surface area contributed by atoms with Gasteiger partial charge in [-0.25, -0.2) is 9.38 Å². The molecule has 1 unspecified atom stereocenters. The second-order valence-electron chi connectivity index (χ2n) is 6.14. The molecule has 1 aromatic carbocycles. The van der Waals surface area contributed by atoms with Gasteiger partial charge in [0.1, 0.15) is 11.4 Å². The van der Waals surface area contributed by atoms with E-state index in [1.165, 1.54) is 6.07 Å². The van der Waals surface area contributed by atoms with Crippen LogP contribution < -0.4 is 10.6 Å². The van der Waals surface area contributed by atoms with Crippen molar-refractivity contribution in [3.63, 3.8) is 0 Å². The molecule has 2 rings (SSSR count). The van der Waals surface area contributed by atoms with Gasteiger partial charge >= 0.3 is 0 Å². The summed E-state index contributed by atoms with van der Waals surface area (Å²) in [6.45, 7) is 5.52. The summed E-state index contributed by atoms with van der Waals surface area (Å²) in [6.07, 6.45) is 1.67. The molecule has 0 aliphatic rings. The Labute approximate surface area is 152 Å². The molecule has 6 heteroatoms. The Balaban J connectivity index is 1.83. The molecule has 1 aromatic heterocycles. The number of aryl methyl sites for hydroxylation is 1. The molecule has 0 aliphatic carbocycles. The van der Waals surface area contributed by atoms with E-state index in [-0.39, 0.29) is 12.4 Å². The van der Waals surface area contributed by atoms with Gasteiger partial charge in [0.05, 0.1) is 6.54 Å². The zero-order valence-electron chi connectivity index (χ0n) is 14.8. The van der Waals surface area contributed by atoms with Crippen molar-refractivity contribution in [2.75, 3.05) is 19.6 Å². The summed E-state index contributed by atoms with van der Waals surface area (Å²) >= 11 is 1.56. The van der Waals surface area contributed by atoms with Gasteiger partial charge in [-0.3, -0.25) is 0 Å². The summed E-state index contributed by atoms with van der Waals surface area (Å²) < 4.78 is 13.2. The van der Waals surface area contributed by atoms with E-state index in [1.54, 1.807) is 30.4 Å². The molecule has 0 saturated heterocycles. The van der Waals surface area contributed by atoms with Gasteiger partial charge in [0.15, 0.2) is 5.96 Å². The maximum atomic E-state index is 13.2. The van der Waals surface area contributed by atoms with Crippen LogP contribution in [0.15, 0.2) is 46.1 Å². The van der Waals surface area contributed by atoms with Crippen molar-refractivity contribution in [1.29, 1.82) is 0 Å². The molecule has 3 N–H and O–H groups in total. The number of hydrogen-bond donors (Lipinski definition) is 3. The minimum absolute atomic E-state index is 0.198. The van der Waals surface area contributed by atoms with Gasteiger partial charge in [0.2, 0.25) is 0 Å². The van der Waals surface area contributed by atoms with Crippen LogP contribution in [0.1, 0.15) is 31.4 Å². The minimum Gasteiger partial charge on any atom is -0.383 e. The lowest BCUT2D eigenvalue weighted by Gasteiger charge is -2.21. The van der Waals surface area contributed by atoms with Gasteiger partial charge in [-0.1, -0.05) is 12.1 Å². The number of nitrogens with one attached hydrogen (secondary N) is 2. The second kappa shape index (κ2) is 9.53. The number of aliphatic imine (C=N–C) groups is 1. The van der Waals surface area contributed by atoms with E-state index in [2.05, 4.69) is 15.6 Å². The number of benzene rings is 1. The summed E-state index contributed by atoms with van der Waals surface area (Å²) in [5.41, 5.74) is 0.886. The van der Waals surface area contributed by atoms with Crippen LogP contribution in [-0.4, -0.2) is 30.7 Å². The maximum Gasteiger partial charge on any atom is 0.191 e. The number of hydrogen-bond acceptors (Lipinski definition) is 3. The molecule has 1 atom stereocenters. The van der Waals surface area contributed by atoms with E-state index in [1.807, 2.05) is 29.8 Å². The van der Waals surface area contributed by atoms with Gasteiger partial charge in [-0.05, 0) is 66.8 Å². The summed E-state index contributed by atoms with van der Waals surface area (Å²) in [6, 6.07) is 8.60. The SMILES string of the molecule is CCNC(=NCC(C)(O)c1ccsc1)NCCCc1cccc(F)c1. The van der Waals surface area contributed by atoms with Crippen LogP contribution in [-0.2, 0) is 12.0 Å². The Kier molecular flexibility index (Phi) is 7.40. The molecular formula is C19H26FN3OS. The van der Waals surface area contributed by atoms with E-state index in [0.717, 1.165) is 37.1 Å². The molecule has 0 bridgehead atoms. The maximum absolute atomic E-state index is 13.2. The average Bonchev–Trinajstić information content (AvgIpc) is 3.12. The molecule has 0 amide bonds. The van der Waals surface area contributed by atoms with Crippen LogP contribution in [0, 0.1) is 5.82 Å². The molecule has 1 heterocycles. The molecule has 0 radical (unpaired) electrons. The summed E-state index contributed by atoms with van der Waals surface area (Å²) in [5.74, 6) is 0.480. The molecule has 0 aliphatic heterocycles. The van der Waals surface area contributed by atoms with Gasteiger partial charge < -0.3 is 15.7 Å². The molecule has 25 heavy (non-hydrogen) atoms. The van der Waals surface area contributed by atoms with Crippen LogP contribution in [0.2, 0.25) is 0 Å². The highest BCUT2D eigenvalue weighted by molar-refractivity contribution is 7.08. The molecule has 0 spiro atoms. The topological polar surface area (TPSA) is 56.7 Å². The lowest BCUT2D eigenvalue weighted by molar-refractivity contribution is 0.0677. The number of guanidine groups is 1. The standard InChI is InChI=1S/C19H26FN3OS/c1-3-21-18(23-14-19(2,24)16-9-11-25-13-16)22-10-5-7-15-6-4-8-17(20)12-15/h4,6,8-9,11-13,24H,3,5,7,10,14H2,1-2H3,(H2,21,22,23). The van der Waals surface area contributed by atoms with Crippen molar-refractivity contribution in [2.24, 2.45) is 4.99 Å². The zero-order chi connectivity index (χ0) is 18.1. The highest BCUT2D eigenvalue weighted by atomic mass is 32.1. The Morgan fingerprint density at radius 1 is 1.32 bits per heavy atom. The van der Waals surface area contributed by atoms with Crippen molar-refractivity contribution in [3.05, 3.63) is 58.0 Å². The van der Waals surface area contributed by atoms with Crippen molar-refractivity contribution >= 4 is 17.3 Å². The van der Waals surface area contributed by atoms with Crippen LogP contribution in [0.3, 0.4) is 0 Å². The minimum atomic E-state index is -0.982. The molecule has 2 aromatic rings. The van der Waals surface area contributed by atoms with E-state index in [9.17, 15) is 9.50 Å². The fourth-order valence-corrected chi connectivity index (χ4v) is 3.21. The summed E-state index contributed by atoms with van der Waals surface area (Å²) in [4.78, 5) is 4.49. The van der Waals surface area contributed by atoms with Crippen LogP contribution in [0.5, 0.6) is 0 Å². The van der Waals surface area contributed by atoms with E-state index < -0.39 is 5.60 Å². The summed E-state index contributed by atoms with van der Waals surface area (Å²) in [7, 11) is 0. The third-order valence-corrected chi connectivity index (χ3v) is 4.54. The first-order valence-electron chi connectivity index (χ1n) is 8.53. The zero-order valence-corrected chi connectivity index (χ0v) is 15.6. The van der Waals surface area contributed by atoms with Crippen molar-refractivity contribution in [1.82, 2.24) is 10.6 Å². The van der Waals surface area contributed by atoms with Gasteiger partial charge in [-0.2, -0.15) is 11.3 Å². The lowest BCUT2D eigenvalue weighted by atomic mass is 10.00. The highest BCUT2D eigenvalue weighted by Gasteiger charge is 2.23. The predicted octanol–water partition coefficient (Wildman–Crippen LogP) is 3.28. The first kappa shape index (κ1) is 19.4. The number of rotatable bonds is 8. The molecular weight excluding hydrogens is 337 g/mol.